The number of likely N-dealkylation sites (tertiary alicyclic amines) is 2. The smallest absolute Gasteiger partial charge is 0.320 e. The molecule has 0 spiro atoms. The second-order valence-corrected chi connectivity index (χ2v) is 8.70. The summed E-state index contributed by atoms with van der Waals surface area (Å²) in [5.74, 6) is 1.71. The third kappa shape index (κ3) is 4.34. The van der Waals surface area contributed by atoms with Crippen LogP contribution in [0.4, 0.5) is 4.79 Å². The fourth-order valence-corrected chi connectivity index (χ4v) is 4.49. The van der Waals surface area contributed by atoms with Gasteiger partial charge in [0.2, 0.25) is 5.91 Å². The zero-order chi connectivity index (χ0) is 21.4. The highest BCUT2D eigenvalue weighted by Crippen LogP contribution is 2.31. The average Bonchev–Trinajstić information content (AvgIpc) is 2.75. The maximum atomic E-state index is 12.9. The first kappa shape index (κ1) is 20.2. The van der Waals surface area contributed by atoms with Gasteiger partial charge in [0.1, 0.15) is 18.1 Å². The van der Waals surface area contributed by atoms with E-state index in [1.54, 1.807) is 12.1 Å². The van der Waals surface area contributed by atoms with E-state index in [2.05, 4.69) is 17.4 Å². The van der Waals surface area contributed by atoms with Crippen molar-refractivity contribution in [1.29, 1.82) is 0 Å². The van der Waals surface area contributed by atoms with E-state index in [1.165, 1.54) is 5.56 Å². The lowest BCUT2D eigenvalue weighted by Crippen LogP contribution is -2.63. The van der Waals surface area contributed by atoms with Gasteiger partial charge in [-0.25, -0.2) is 4.79 Å². The van der Waals surface area contributed by atoms with E-state index >= 15 is 0 Å². The molecule has 2 atom stereocenters. The summed E-state index contributed by atoms with van der Waals surface area (Å²) in [5, 5.41) is 3.62. The lowest BCUT2D eigenvalue weighted by molar-refractivity contribution is -0.139. The number of ether oxygens (including phenoxy) is 2. The van der Waals surface area contributed by atoms with Crippen LogP contribution in [0.2, 0.25) is 5.02 Å². The SMILES string of the molecule is O=C1CO[C@H]2CCN(C(=O)N3CC(c4ccc(Oc5ccc(Cl)cc5)cc4)C3)C[C@H]2N1. The van der Waals surface area contributed by atoms with Crippen molar-refractivity contribution < 1.29 is 19.1 Å². The fourth-order valence-electron chi connectivity index (χ4n) is 4.37. The van der Waals surface area contributed by atoms with Gasteiger partial charge in [0.05, 0.1) is 12.1 Å². The van der Waals surface area contributed by atoms with Crippen LogP contribution in [0, 0.1) is 0 Å². The number of benzene rings is 2. The lowest BCUT2D eigenvalue weighted by atomic mass is 9.91. The third-order valence-corrected chi connectivity index (χ3v) is 6.40. The van der Waals surface area contributed by atoms with Crippen molar-refractivity contribution >= 4 is 23.5 Å². The molecular weight excluding hydrogens is 418 g/mol. The topological polar surface area (TPSA) is 71.1 Å². The first-order chi connectivity index (χ1) is 15.0. The molecule has 0 saturated carbocycles. The second kappa shape index (κ2) is 8.40. The minimum atomic E-state index is -0.108. The molecule has 8 heteroatoms. The van der Waals surface area contributed by atoms with E-state index in [0.29, 0.717) is 37.1 Å². The van der Waals surface area contributed by atoms with Crippen LogP contribution in [0.25, 0.3) is 0 Å². The Bertz CT molecular complexity index is 960. The summed E-state index contributed by atoms with van der Waals surface area (Å²) in [6, 6.07) is 15.2. The number of rotatable bonds is 3. The van der Waals surface area contributed by atoms with Gasteiger partial charge in [0.15, 0.2) is 0 Å². The van der Waals surface area contributed by atoms with Gasteiger partial charge in [-0.15, -0.1) is 0 Å². The Morgan fingerprint density at radius 2 is 1.68 bits per heavy atom. The second-order valence-electron chi connectivity index (χ2n) is 8.27. The van der Waals surface area contributed by atoms with E-state index in [-0.39, 0.29) is 30.7 Å². The van der Waals surface area contributed by atoms with Gasteiger partial charge < -0.3 is 24.6 Å². The summed E-state index contributed by atoms with van der Waals surface area (Å²) in [6.07, 6.45) is 0.766. The zero-order valence-electron chi connectivity index (χ0n) is 17.0. The Morgan fingerprint density at radius 1 is 1.00 bits per heavy atom. The Balaban J connectivity index is 1.13. The molecule has 3 saturated heterocycles. The first-order valence-electron chi connectivity index (χ1n) is 10.5. The summed E-state index contributed by atoms with van der Waals surface area (Å²) >= 11 is 5.90. The van der Waals surface area contributed by atoms with Crippen LogP contribution < -0.4 is 10.1 Å². The number of hydrogen-bond acceptors (Lipinski definition) is 4. The number of nitrogens with zero attached hydrogens (tertiary/aromatic N) is 2. The molecule has 3 aliphatic heterocycles. The van der Waals surface area contributed by atoms with Crippen molar-refractivity contribution in [3.05, 3.63) is 59.1 Å². The number of carbonyl (C=O) groups excluding carboxylic acids is 2. The molecule has 0 radical (unpaired) electrons. The maximum Gasteiger partial charge on any atom is 0.320 e. The number of nitrogens with one attached hydrogen (secondary N) is 1. The Morgan fingerprint density at radius 3 is 2.39 bits per heavy atom. The summed E-state index contributed by atoms with van der Waals surface area (Å²) < 4.78 is 11.4. The number of morpholine rings is 1. The summed E-state index contributed by atoms with van der Waals surface area (Å²) in [6.45, 7) is 2.68. The van der Waals surface area contributed by atoms with E-state index in [1.807, 2.05) is 34.1 Å². The standard InChI is InChI=1S/C23H24ClN3O4/c24-17-3-7-19(8-4-17)31-18-5-1-15(2-6-18)16-11-27(12-16)23(29)26-10-9-21-20(13-26)25-22(28)14-30-21/h1-8,16,20-21H,9-14H2,(H,25,28)/t20-,21+/m1/s1. The summed E-state index contributed by atoms with van der Waals surface area (Å²) in [7, 11) is 0. The fraction of sp³-hybridized carbons (Fsp3) is 0.391. The monoisotopic (exact) mass is 441 g/mol. The number of hydrogen-bond donors (Lipinski definition) is 1. The van der Waals surface area contributed by atoms with Gasteiger partial charge in [-0.05, 0) is 48.4 Å². The largest absolute Gasteiger partial charge is 0.457 e. The van der Waals surface area contributed by atoms with Gasteiger partial charge in [-0.1, -0.05) is 23.7 Å². The molecule has 3 aliphatic rings. The minimum Gasteiger partial charge on any atom is -0.457 e. The van der Waals surface area contributed by atoms with Gasteiger partial charge >= 0.3 is 6.03 Å². The molecule has 2 aromatic rings. The number of fused-ring (bicyclic) bond motifs is 1. The van der Waals surface area contributed by atoms with Crippen molar-refractivity contribution in [3.63, 3.8) is 0 Å². The Labute approximate surface area is 185 Å². The molecule has 0 aliphatic carbocycles. The molecule has 31 heavy (non-hydrogen) atoms. The van der Waals surface area contributed by atoms with Gasteiger partial charge in [0.25, 0.3) is 0 Å². The summed E-state index contributed by atoms with van der Waals surface area (Å²) in [4.78, 5) is 28.1. The van der Waals surface area contributed by atoms with Crippen molar-refractivity contribution in [2.75, 3.05) is 32.8 Å². The predicted octanol–water partition coefficient (Wildman–Crippen LogP) is 3.24. The molecule has 0 aromatic heterocycles. The van der Waals surface area contributed by atoms with E-state index in [9.17, 15) is 9.59 Å². The molecule has 1 N–H and O–H groups in total. The molecule has 162 valence electrons. The number of amides is 3. The maximum absolute atomic E-state index is 12.9. The van der Waals surface area contributed by atoms with Crippen LogP contribution in [0.15, 0.2) is 48.5 Å². The highest BCUT2D eigenvalue weighted by atomic mass is 35.5. The molecule has 0 bridgehead atoms. The zero-order valence-corrected chi connectivity index (χ0v) is 17.8. The van der Waals surface area contributed by atoms with Crippen molar-refractivity contribution in [2.45, 2.75) is 24.5 Å². The van der Waals surface area contributed by atoms with Crippen molar-refractivity contribution in [1.82, 2.24) is 15.1 Å². The van der Waals surface area contributed by atoms with Crippen LogP contribution >= 0.6 is 11.6 Å². The molecule has 3 amide bonds. The molecule has 0 unspecified atom stereocenters. The molecule has 2 aromatic carbocycles. The number of urea groups is 1. The molecule has 3 fully saturated rings. The quantitative estimate of drug-likeness (QED) is 0.793. The number of piperidine rings is 1. The molecule has 7 nitrogen and oxygen atoms in total. The third-order valence-electron chi connectivity index (χ3n) is 6.15. The normalized spacial score (nSPS) is 23.6. The van der Waals surface area contributed by atoms with Gasteiger partial charge in [0, 0.05) is 37.1 Å². The van der Waals surface area contributed by atoms with Crippen LogP contribution in [-0.2, 0) is 9.53 Å². The molecule has 5 rings (SSSR count). The van der Waals surface area contributed by atoms with Crippen molar-refractivity contribution in [2.24, 2.45) is 0 Å². The number of halogens is 1. The number of carbonyl (C=O) groups is 2. The van der Waals surface area contributed by atoms with Gasteiger partial charge in [-0.3, -0.25) is 4.79 Å². The Kier molecular flexibility index (Phi) is 5.46. The van der Waals surface area contributed by atoms with Crippen LogP contribution in [-0.4, -0.2) is 66.7 Å². The summed E-state index contributed by atoms with van der Waals surface area (Å²) in [5.41, 5.74) is 1.19. The van der Waals surface area contributed by atoms with Crippen LogP contribution in [0.3, 0.4) is 0 Å². The first-order valence-corrected chi connectivity index (χ1v) is 10.9. The average molecular weight is 442 g/mol. The highest BCUT2D eigenvalue weighted by Gasteiger charge is 2.40. The lowest BCUT2D eigenvalue weighted by Gasteiger charge is -2.46. The van der Waals surface area contributed by atoms with Crippen LogP contribution in [0.1, 0.15) is 17.9 Å². The van der Waals surface area contributed by atoms with Gasteiger partial charge in [-0.2, -0.15) is 0 Å². The van der Waals surface area contributed by atoms with E-state index in [0.717, 1.165) is 17.9 Å². The predicted molar refractivity (Wildman–Crippen MR) is 116 cm³/mol. The highest BCUT2D eigenvalue weighted by molar-refractivity contribution is 6.30. The van der Waals surface area contributed by atoms with Crippen LogP contribution in [0.5, 0.6) is 11.5 Å². The van der Waals surface area contributed by atoms with E-state index < -0.39 is 0 Å². The Hall–Kier alpha value is -2.77. The minimum absolute atomic E-state index is 0.0134. The van der Waals surface area contributed by atoms with Crippen molar-refractivity contribution in [3.8, 4) is 11.5 Å². The molecule has 3 heterocycles. The van der Waals surface area contributed by atoms with E-state index in [4.69, 9.17) is 21.1 Å². The molecular formula is C23H24ClN3O4.